The summed E-state index contributed by atoms with van der Waals surface area (Å²) in [5.41, 5.74) is 0.670. The van der Waals surface area contributed by atoms with E-state index in [2.05, 4.69) is 4.98 Å². The number of hydrogen-bond acceptors (Lipinski definition) is 4. The third kappa shape index (κ3) is 2.33. The first-order valence-corrected chi connectivity index (χ1v) is 6.29. The second-order valence-electron chi connectivity index (χ2n) is 4.14. The zero-order valence-corrected chi connectivity index (χ0v) is 10.8. The SMILES string of the molecule is CC(C)c1csc(-n2cc(C(=O)O)ccc2=O)n1. The molecule has 0 radical (unpaired) electrons. The highest BCUT2D eigenvalue weighted by Gasteiger charge is 2.11. The van der Waals surface area contributed by atoms with Gasteiger partial charge in [-0.2, -0.15) is 0 Å². The standard InChI is InChI=1S/C12H12N2O3S/c1-7(2)9-6-18-12(13-9)14-5-8(11(16)17)3-4-10(14)15/h3-7H,1-2H3,(H,16,17). The molecule has 0 aromatic carbocycles. The van der Waals surface area contributed by atoms with Crippen LogP contribution in [0.3, 0.4) is 0 Å². The Morgan fingerprint density at radius 3 is 2.72 bits per heavy atom. The lowest BCUT2D eigenvalue weighted by molar-refractivity contribution is 0.0696. The molecular weight excluding hydrogens is 252 g/mol. The van der Waals surface area contributed by atoms with Gasteiger partial charge in [0.25, 0.3) is 5.56 Å². The predicted octanol–water partition coefficient (Wildman–Crippen LogP) is 2.12. The van der Waals surface area contributed by atoms with E-state index in [-0.39, 0.29) is 17.0 Å². The summed E-state index contributed by atoms with van der Waals surface area (Å²) in [5.74, 6) is -0.794. The molecule has 0 aliphatic rings. The van der Waals surface area contributed by atoms with Crippen LogP contribution in [-0.4, -0.2) is 20.6 Å². The van der Waals surface area contributed by atoms with Crippen LogP contribution in [-0.2, 0) is 0 Å². The van der Waals surface area contributed by atoms with Gasteiger partial charge in [-0.1, -0.05) is 13.8 Å². The summed E-state index contributed by atoms with van der Waals surface area (Å²) in [5, 5.41) is 11.3. The van der Waals surface area contributed by atoms with E-state index in [1.807, 2.05) is 19.2 Å². The monoisotopic (exact) mass is 264 g/mol. The maximum absolute atomic E-state index is 11.7. The van der Waals surface area contributed by atoms with Crippen LogP contribution >= 0.6 is 11.3 Å². The Kier molecular flexibility index (Phi) is 3.29. The molecule has 0 atom stereocenters. The minimum absolute atomic E-state index is 0.0656. The fourth-order valence-corrected chi connectivity index (χ4v) is 2.38. The van der Waals surface area contributed by atoms with Crippen LogP contribution < -0.4 is 5.56 Å². The molecule has 2 heterocycles. The van der Waals surface area contributed by atoms with Gasteiger partial charge in [-0.3, -0.25) is 9.36 Å². The number of thiazole rings is 1. The van der Waals surface area contributed by atoms with Crippen molar-refractivity contribution in [1.29, 1.82) is 0 Å². The van der Waals surface area contributed by atoms with Crippen molar-refractivity contribution < 1.29 is 9.90 Å². The van der Waals surface area contributed by atoms with Crippen LogP contribution in [0.4, 0.5) is 0 Å². The normalized spacial score (nSPS) is 10.8. The molecule has 0 amide bonds. The lowest BCUT2D eigenvalue weighted by Crippen LogP contribution is -2.18. The van der Waals surface area contributed by atoms with Crippen molar-refractivity contribution >= 4 is 17.3 Å². The molecule has 2 rings (SSSR count). The summed E-state index contributed by atoms with van der Waals surface area (Å²) in [7, 11) is 0. The quantitative estimate of drug-likeness (QED) is 0.921. The van der Waals surface area contributed by atoms with Crippen molar-refractivity contribution in [2.24, 2.45) is 0 Å². The third-order valence-electron chi connectivity index (χ3n) is 2.47. The predicted molar refractivity (Wildman–Crippen MR) is 68.8 cm³/mol. The zero-order chi connectivity index (χ0) is 13.3. The molecule has 5 nitrogen and oxygen atoms in total. The number of aromatic nitrogens is 2. The summed E-state index contributed by atoms with van der Waals surface area (Å²) in [6.45, 7) is 4.02. The molecule has 0 spiro atoms. The first-order chi connectivity index (χ1) is 8.49. The van der Waals surface area contributed by atoms with Gasteiger partial charge in [0.05, 0.1) is 11.3 Å². The van der Waals surface area contributed by atoms with E-state index in [4.69, 9.17) is 5.11 Å². The fourth-order valence-electron chi connectivity index (χ4n) is 1.42. The van der Waals surface area contributed by atoms with E-state index >= 15 is 0 Å². The average molecular weight is 264 g/mol. The van der Waals surface area contributed by atoms with Gasteiger partial charge in [0.1, 0.15) is 0 Å². The van der Waals surface area contributed by atoms with Gasteiger partial charge in [0.15, 0.2) is 5.13 Å². The van der Waals surface area contributed by atoms with Crippen molar-refractivity contribution in [2.45, 2.75) is 19.8 Å². The molecule has 0 fully saturated rings. The van der Waals surface area contributed by atoms with Crippen molar-refractivity contribution in [3.63, 3.8) is 0 Å². The maximum Gasteiger partial charge on any atom is 0.337 e. The first kappa shape index (κ1) is 12.5. The Labute approximate surface area is 107 Å². The van der Waals surface area contributed by atoms with Gasteiger partial charge in [0.2, 0.25) is 0 Å². The van der Waals surface area contributed by atoms with Gasteiger partial charge in [-0.15, -0.1) is 11.3 Å². The fraction of sp³-hybridized carbons (Fsp3) is 0.250. The molecule has 6 heteroatoms. The lowest BCUT2D eigenvalue weighted by atomic mass is 10.2. The molecule has 2 aromatic heterocycles. The Hall–Kier alpha value is -1.95. The third-order valence-corrected chi connectivity index (χ3v) is 3.32. The second kappa shape index (κ2) is 4.73. The molecule has 0 saturated carbocycles. The zero-order valence-electron chi connectivity index (χ0n) is 9.95. The molecule has 0 unspecified atom stereocenters. The highest BCUT2D eigenvalue weighted by Crippen LogP contribution is 2.19. The highest BCUT2D eigenvalue weighted by atomic mass is 32.1. The number of hydrogen-bond donors (Lipinski definition) is 1. The molecule has 2 aromatic rings. The minimum Gasteiger partial charge on any atom is -0.478 e. The number of pyridine rings is 1. The number of carbonyl (C=O) groups is 1. The smallest absolute Gasteiger partial charge is 0.337 e. The summed E-state index contributed by atoms with van der Waals surface area (Å²) < 4.78 is 1.26. The largest absolute Gasteiger partial charge is 0.478 e. The molecular formula is C12H12N2O3S. The van der Waals surface area contributed by atoms with E-state index in [9.17, 15) is 9.59 Å². The lowest BCUT2D eigenvalue weighted by Gasteiger charge is -2.02. The van der Waals surface area contributed by atoms with Crippen LogP contribution in [0.25, 0.3) is 5.13 Å². The molecule has 0 bridgehead atoms. The van der Waals surface area contributed by atoms with Gasteiger partial charge >= 0.3 is 5.97 Å². The molecule has 0 saturated heterocycles. The van der Waals surface area contributed by atoms with Crippen molar-refractivity contribution in [3.8, 4) is 5.13 Å². The van der Waals surface area contributed by atoms with Crippen molar-refractivity contribution in [1.82, 2.24) is 9.55 Å². The second-order valence-corrected chi connectivity index (χ2v) is 4.98. The minimum atomic E-state index is -1.07. The summed E-state index contributed by atoms with van der Waals surface area (Å²) >= 11 is 1.32. The van der Waals surface area contributed by atoms with Gasteiger partial charge in [0, 0.05) is 17.6 Å². The van der Waals surface area contributed by atoms with E-state index < -0.39 is 5.97 Å². The van der Waals surface area contributed by atoms with E-state index in [1.54, 1.807) is 0 Å². The van der Waals surface area contributed by atoms with Crippen LogP contribution in [0.2, 0.25) is 0 Å². The van der Waals surface area contributed by atoms with Crippen LogP contribution in [0, 0.1) is 0 Å². The highest BCUT2D eigenvalue weighted by molar-refractivity contribution is 7.12. The Balaban J connectivity index is 2.52. The van der Waals surface area contributed by atoms with Crippen molar-refractivity contribution in [3.05, 3.63) is 45.3 Å². The number of rotatable bonds is 3. The summed E-state index contributed by atoms with van der Waals surface area (Å²) in [4.78, 5) is 26.9. The van der Waals surface area contributed by atoms with E-state index in [0.29, 0.717) is 5.13 Å². The molecule has 18 heavy (non-hydrogen) atoms. The molecule has 0 aliphatic carbocycles. The van der Waals surface area contributed by atoms with E-state index in [1.165, 1.54) is 34.2 Å². The maximum atomic E-state index is 11.7. The first-order valence-electron chi connectivity index (χ1n) is 5.41. The summed E-state index contributed by atoms with van der Waals surface area (Å²) in [6, 6.07) is 2.53. The Bertz CT molecular complexity index is 643. The summed E-state index contributed by atoms with van der Waals surface area (Å²) in [6.07, 6.45) is 1.30. The average Bonchev–Trinajstić information content (AvgIpc) is 2.78. The molecule has 94 valence electrons. The van der Waals surface area contributed by atoms with Crippen molar-refractivity contribution in [2.75, 3.05) is 0 Å². The number of aromatic carboxylic acids is 1. The molecule has 1 N–H and O–H groups in total. The van der Waals surface area contributed by atoms with Gasteiger partial charge in [-0.05, 0) is 12.0 Å². The molecule has 0 aliphatic heterocycles. The topological polar surface area (TPSA) is 72.2 Å². The van der Waals surface area contributed by atoms with E-state index in [0.717, 1.165) is 5.69 Å². The number of carboxylic acids is 1. The number of carboxylic acid groups (broad SMARTS) is 1. The Morgan fingerprint density at radius 2 is 2.17 bits per heavy atom. The van der Waals surface area contributed by atoms with Gasteiger partial charge in [-0.25, -0.2) is 9.78 Å². The van der Waals surface area contributed by atoms with Gasteiger partial charge < -0.3 is 5.11 Å². The van der Waals surface area contributed by atoms with Crippen LogP contribution in [0.1, 0.15) is 35.8 Å². The number of nitrogens with zero attached hydrogens (tertiary/aromatic N) is 2. The van der Waals surface area contributed by atoms with Crippen LogP contribution in [0.5, 0.6) is 0 Å². The Morgan fingerprint density at radius 1 is 1.44 bits per heavy atom. The van der Waals surface area contributed by atoms with Crippen LogP contribution in [0.15, 0.2) is 28.5 Å².